The molecule has 0 bridgehead atoms. The molecule has 146 valence electrons. The number of pyridine rings is 1. The predicted octanol–water partition coefficient (Wildman–Crippen LogP) is 1.52. The number of fused-ring (bicyclic) bond motifs is 1. The van der Waals surface area contributed by atoms with Gasteiger partial charge in [-0.1, -0.05) is 18.2 Å². The Labute approximate surface area is 163 Å². The summed E-state index contributed by atoms with van der Waals surface area (Å²) in [6.07, 6.45) is 4.88. The van der Waals surface area contributed by atoms with Crippen molar-refractivity contribution in [1.29, 1.82) is 0 Å². The topological polar surface area (TPSA) is 87.0 Å². The molecule has 0 fully saturated rings. The molecule has 1 atom stereocenters. The summed E-state index contributed by atoms with van der Waals surface area (Å²) in [4.78, 5) is 23.0. The smallest absolute Gasteiger partial charge is 0.258 e. The first kappa shape index (κ1) is 18.6. The Kier molecular flexibility index (Phi) is 5.64. The molecule has 28 heavy (non-hydrogen) atoms. The third-order valence-corrected chi connectivity index (χ3v) is 5.03. The summed E-state index contributed by atoms with van der Waals surface area (Å²) in [7, 11) is 0. The molecule has 2 aliphatic heterocycles. The van der Waals surface area contributed by atoms with E-state index in [4.69, 9.17) is 4.74 Å². The number of aliphatic hydroxyl groups excluding tert-OH is 1. The number of aromatic nitrogens is 1. The van der Waals surface area contributed by atoms with Gasteiger partial charge in [0, 0.05) is 62.5 Å². The number of amides is 1. The molecule has 2 aliphatic rings. The summed E-state index contributed by atoms with van der Waals surface area (Å²) >= 11 is 0. The molecular weight excluding hydrogens is 356 g/mol. The fourth-order valence-corrected chi connectivity index (χ4v) is 3.62. The lowest BCUT2D eigenvalue weighted by Crippen LogP contribution is -2.43. The Morgan fingerprint density at radius 2 is 2.21 bits per heavy atom. The zero-order chi connectivity index (χ0) is 19.3. The van der Waals surface area contributed by atoms with Gasteiger partial charge in [-0.2, -0.15) is 0 Å². The Morgan fingerprint density at radius 1 is 1.32 bits per heavy atom. The van der Waals surface area contributed by atoms with Gasteiger partial charge in [-0.3, -0.25) is 19.7 Å². The van der Waals surface area contributed by atoms with Crippen LogP contribution >= 0.6 is 0 Å². The summed E-state index contributed by atoms with van der Waals surface area (Å²) in [5.41, 5.74) is 3.28. The number of rotatable bonds is 7. The molecule has 4 rings (SSSR count). The molecule has 1 aromatic heterocycles. The highest BCUT2D eigenvalue weighted by molar-refractivity contribution is 5.85. The predicted molar refractivity (Wildman–Crippen MR) is 107 cm³/mol. The van der Waals surface area contributed by atoms with Crippen LogP contribution in [0.25, 0.3) is 10.9 Å². The maximum atomic E-state index is 12.1. The van der Waals surface area contributed by atoms with Gasteiger partial charge in [0.05, 0.1) is 6.10 Å². The summed E-state index contributed by atoms with van der Waals surface area (Å²) in [6, 6.07) is 9.42. The Balaban J connectivity index is 1.21. The number of nitrogens with one attached hydrogen (secondary N) is 1. The van der Waals surface area contributed by atoms with E-state index in [0.29, 0.717) is 12.3 Å². The van der Waals surface area contributed by atoms with Crippen molar-refractivity contribution in [2.45, 2.75) is 18.9 Å². The molecule has 7 nitrogen and oxygen atoms in total. The minimum atomic E-state index is -0.618. The van der Waals surface area contributed by atoms with Crippen molar-refractivity contribution in [2.75, 3.05) is 32.8 Å². The van der Waals surface area contributed by atoms with Crippen molar-refractivity contribution in [3.63, 3.8) is 0 Å². The van der Waals surface area contributed by atoms with Crippen LogP contribution in [0.1, 0.15) is 12.8 Å². The lowest BCUT2D eigenvalue weighted by atomic mass is 10.1. The second kappa shape index (κ2) is 8.50. The maximum absolute atomic E-state index is 12.1. The number of para-hydroxylation sites is 1. The van der Waals surface area contributed by atoms with Crippen LogP contribution in [0.5, 0.6) is 5.75 Å². The summed E-state index contributed by atoms with van der Waals surface area (Å²) in [6.45, 7) is 2.36. The number of nitrogens with zero attached hydrogens (tertiary/aromatic N) is 3. The quantitative estimate of drug-likeness (QED) is 0.761. The minimum Gasteiger partial charge on any atom is -0.481 e. The van der Waals surface area contributed by atoms with Gasteiger partial charge in [-0.25, -0.2) is 0 Å². The molecule has 0 radical (unpaired) electrons. The summed E-state index contributed by atoms with van der Waals surface area (Å²) in [5.74, 6) is 0.310. The number of β-amino-alcohol motifs (C(OH)–C–C–N with tert-alkyl or cyclic N) is 1. The Bertz CT molecular complexity index is 920. The molecular formula is C21H24N4O3. The molecule has 1 aromatic carbocycles. The van der Waals surface area contributed by atoms with E-state index in [0.717, 1.165) is 36.8 Å². The second-order valence-corrected chi connectivity index (χ2v) is 7.13. The molecule has 0 spiro atoms. The van der Waals surface area contributed by atoms with Crippen molar-refractivity contribution < 1.29 is 14.6 Å². The minimum absolute atomic E-state index is 0.111. The average Bonchev–Trinajstić information content (AvgIpc) is 3.18. The SMILES string of the molecule is O=C(COc1cccc2cccnc12)NCC(O)CN1CCC2=C(CC=N2)C1. The third kappa shape index (κ3) is 4.37. The van der Waals surface area contributed by atoms with E-state index < -0.39 is 6.10 Å². The van der Waals surface area contributed by atoms with Crippen LogP contribution in [0.4, 0.5) is 0 Å². The molecule has 2 aromatic rings. The fraction of sp³-hybridized carbons (Fsp3) is 0.381. The maximum Gasteiger partial charge on any atom is 0.258 e. The molecule has 1 amide bonds. The van der Waals surface area contributed by atoms with E-state index in [1.807, 2.05) is 30.5 Å². The molecule has 3 heterocycles. The second-order valence-electron chi connectivity index (χ2n) is 7.13. The van der Waals surface area contributed by atoms with Gasteiger partial charge in [0.1, 0.15) is 11.3 Å². The van der Waals surface area contributed by atoms with Crippen molar-refractivity contribution in [3.8, 4) is 5.75 Å². The summed E-state index contributed by atoms with van der Waals surface area (Å²) < 4.78 is 5.62. The highest BCUT2D eigenvalue weighted by Crippen LogP contribution is 2.25. The van der Waals surface area contributed by atoms with Crippen molar-refractivity contribution >= 4 is 23.0 Å². The summed E-state index contributed by atoms with van der Waals surface area (Å²) in [5, 5.41) is 14.0. The molecule has 2 N–H and O–H groups in total. The lowest BCUT2D eigenvalue weighted by Gasteiger charge is -2.29. The lowest BCUT2D eigenvalue weighted by molar-refractivity contribution is -0.123. The van der Waals surface area contributed by atoms with E-state index in [2.05, 4.69) is 20.2 Å². The van der Waals surface area contributed by atoms with Crippen LogP contribution in [-0.4, -0.2) is 66.0 Å². The molecule has 1 unspecified atom stereocenters. The number of hydrogen-bond acceptors (Lipinski definition) is 6. The largest absolute Gasteiger partial charge is 0.481 e. The van der Waals surface area contributed by atoms with Gasteiger partial charge in [-0.05, 0) is 17.7 Å². The molecule has 0 saturated carbocycles. The zero-order valence-corrected chi connectivity index (χ0v) is 15.7. The van der Waals surface area contributed by atoms with E-state index in [-0.39, 0.29) is 19.1 Å². The van der Waals surface area contributed by atoms with Crippen molar-refractivity contribution in [2.24, 2.45) is 4.99 Å². The van der Waals surface area contributed by atoms with Crippen molar-refractivity contribution in [1.82, 2.24) is 15.2 Å². The number of aliphatic imine (C=N–C) groups is 1. The fourth-order valence-electron chi connectivity index (χ4n) is 3.62. The first-order chi connectivity index (χ1) is 13.7. The van der Waals surface area contributed by atoms with E-state index in [9.17, 15) is 9.90 Å². The first-order valence-corrected chi connectivity index (χ1v) is 9.56. The van der Waals surface area contributed by atoms with Crippen LogP contribution < -0.4 is 10.1 Å². The van der Waals surface area contributed by atoms with Gasteiger partial charge in [0.15, 0.2) is 6.61 Å². The third-order valence-electron chi connectivity index (χ3n) is 5.03. The number of carbonyl (C=O) groups is 1. The van der Waals surface area contributed by atoms with E-state index in [1.54, 1.807) is 12.3 Å². The number of hydrogen-bond donors (Lipinski definition) is 2. The number of ether oxygens (including phenoxy) is 1. The average molecular weight is 380 g/mol. The number of benzene rings is 1. The van der Waals surface area contributed by atoms with Gasteiger partial charge < -0.3 is 15.2 Å². The highest BCUT2D eigenvalue weighted by Gasteiger charge is 2.22. The van der Waals surface area contributed by atoms with Gasteiger partial charge >= 0.3 is 0 Å². The molecule has 0 saturated heterocycles. The van der Waals surface area contributed by atoms with E-state index >= 15 is 0 Å². The standard InChI is InChI=1S/C21H24N4O3/c26-17(13-25-10-7-18-16(12-25)6-9-22-18)11-24-20(27)14-28-19-5-1-3-15-4-2-8-23-21(15)19/h1-5,8-9,17,26H,6-7,10-14H2,(H,24,27). The first-order valence-electron chi connectivity index (χ1n) is 9.56. The number of carbonyl (C=O) groups excluding carboxylic acids is 1. The Hall–Kier alpha value is -2.77. The van der Waals surface area contributed by atoms with Crippen LogP contribution in [0.15, 0.2) is 52.8 Å². The molecule has 7 heteroatoms. The van der Waals surface area contributed by atoms with Crippen molar-refractivity contribution in [3.05, 3.63) is 47.8 Å². The highest BCUT2D eigenvalue weighted by atomic mass is 16.5. The van der Waals surface area contributed by atoms with Crippen LogP contribution in [-0.2, 0) is 4.79 Å². The normalized spacial score (nSPS) is 17.6. The van der Waals surface area contributed by atoms with E-state index in [1.165, 1.54) is 11.3 Å². The van der Waals surface area contributed by atoms with Gasteiger partial charge in [0.2, 0.25) is 0 Å². The monoisotopic (exact) mass is 380 g/mol. The number of aliphatic hydroxyl groups is 1. The van der Waals surface area contributed by atoms with Crippen LogP contribution in [0, 0.1) is 0 Å². The van der Waals surface area contributed by atoms with Gasteiger partial charge in [-0.15, -0.1) is 0 Å². The zero-order valence-electron chi connectivity index (χ0n) is 15.7. The van der Waals surface area contributed by atoms with Gasteiger partial charge in [0.25, 0.3) is 5.91 Å². The Morgan fingerprint density at radius 3 is 3.14 bits per heavy atom. The van der Waals surface area contributed by atoms with Crippen LogP contribution in [0.2, 0.25) is 0 Å². The molecule has 0 aliphatic carbocycles. The van der Waals surface area contributed by atoms with Crippen LogP contribution in [0.3, 0.4) is 0 Å².